The van der Waals surface area contributed by atoms with Gasteiger partial charge >= 0.3 is 6.03 Å². The largest absolute Gasteiger partial charge is 0.339 e. The highest BCUT2D eigenvalue weighted by molar-refractivity contribution is 6.30. The summed E-state index contributed by atoms with van der Waals surface area (Å²) in [5, 5.41) is 3.76. The van der Waals surface area contributed by atoms with Crippen LogP contribution in [0.3, 0.4) is 0 Å². The average Bonchev–Trinajstić information content (AvgIpc) is 3.05. The van der Waals surface area contributed by atoms with Crippen molar-refractivity contribution >= 4 is 35.5 Å². The van der Waals surface area contributed by atoms with E-state index < -0.39 is 5.54 Å². The highest BCUT2D eigenvalue weighted by Gasteiger charge is 2.55. The SMILES string of the molecule is CC(C)CCC1(C2CCN(C(=O)C=Cc3ccc(Cl)cc3)CC2)NC(=O)N(CCN(C)C)C1=O. The molecule has 1 unspecified atom stereocenters. The third-order valence-corrected chi connectivity index (χ3v) is 7.13. The lowest BCUT2D eigenvalue weighted by atomic mass is 9.74. The highest BCUT2D eigenvalue weighted by Crippen LogP contribution is 2.38. The molecule has 1 aromatic rings. The van der Waals surface area contributed by atoms with E-state index in [1.165, 1.54) is 4.90 Å². The molecule has 0 aromatic heterocycles. The van der Waals surface area contributed by atoms with Crippen LogP contribution in [0.25, 0.3) is 6.08 Å². The van der Waals surface area contributed by atoms with Gasteiger partial charge in [0.2, 0.25) is 5.91 Å². The number of amides is 4. The van der Waals surface area contributed by atoms with Gasteiger partial charge in [-0.3, -0.25) is 14.5 Å². The van der Waals surface area contributed by atoms with Gasteiger partial charge in [0.15, 0.2) is 0 Å². The van der Waals surface area contributed by atoms with Crippen molar-refractivity contribution in [2.75, 3.05) is 40.3 Å². The number of carbonyl (C=O) groups is 3. The van der Waals surface area contributed by atoms with Gasteiger partial charge in [0.1, 0.15) is 5.54 Å². The van der Waals surface area contributed by atoms with E-state index >= 15 is 0 Å². The van der Waals surface area contributed by atoms with Gasteiger partial charge in [-0.25, -0.2) is 4.79 Å². The number of halogens is 1. The van der Waals surface area contributed by atoms with Gasteiger partial charge in [0.05, 0.1) is 0 Å². The molecule has 2 saturated heterocycles. The zero-order valence-electron chi connectivity index (χ0n) is 20.7. The zero-order chi connectivity index (χ0) is 24.9. The third-order valence-electron chi connectivity index (χ3n) is 6.88. The molecule has 0 aliphatic carbocycles. The molecule has 1 aromatic carbocycles. The molecule has 0 spiro atoms. The summed E-state index contributed by atoms with van der Waals surface area (Å²) >= 11 is 5.92. The Morgan fingerprint density at radius 3 is 2.44 bits per heavy atom. The van der Waals surface area contributed by atoms with Crippen molar-refractivity contribution in [1.29, 1.82) is 0 Å². The highest BCUT2D eigenvalue weighted by atomic mass is 35.5. The van der Waals surface area contributed by atoms with Gasteiger partial charge in [-0.15, -0.1) is 0 Å². The fourth-order valence-corrected chi connectivity index (χ4v) is 4.88. The third kappa shape index (κ3) is 6.19. The Morgan fingerprint density at radius 2 is 1.85 bits per heavy atom. The van der Waals surface area contributed by atoms with Crippen molar-refractivity contribution in [3.63, 3.8) is 0 Å². The first-order valence-electron chi connectivity index (χ1n) is 12.1. The summed E-state index contributed by atoms with van der Waals surface area (Å²) in [6.45, 7) is 6.41. The van der Waals surface area contributed by atoms with Crippen LogP contribution >= 0.6 is 11.6 Å². The summed E-state index contributed by atoms with van der Waals surface area (Å²) in [7, 11) is 3.86. The van der Waals surface area contributed by atoms with E-state index in [0.717, 1.165) is 12.0 Å². The lowest BCUT2D eigenvalue weighted by molar-refractivity contribution is -0.135. The van der Waals surface area contributed by atoms with E-state index in [9.17, 15) is 14.4 Å². The summed E-state index contributed by atoms with van der Waals surface area (Å²) in [4.78, 5) is 44.3. The number of nitrogens with zero attached hydrogens (tertiary/aromatic N) is 3. The molecule has 8 heteroatoms. The molecule has 2 aliphatic heterocycles. The minimum Gasteiger partial charge on any atom is -0.339 e. The van der Waals surface area contributed by atoms with E-state index in [4.69, 9.17) is 11.6 Å². The van der Waals surface area contributed by atoms with Crippen molar-refractivity contribution in [1.82, 2.24) is 20.0 Å². The van der Waals surface area contributed by atoms with Gasteiger partial charge in [0.25, 0.3) is 5.91 Å². The van der Waals surface area contributed by atoms with Crippen LogP contribution < -0.4 is 5.32 Å². The number of benzene rings is 1. The minimum atomic E-state index is -0.873. The van der Waals surface area contributed by atoms with Gasteiger partial charge in [0, 0.05) is 37.3 Å². The zero-order valence-corrected chi connectivity index (χ0v) is 21.5. The molecule has 34 heavy (non-hydrogen) atoms. The monoisotopic (exact) mass is 488 g/mol. The van der Waals surface area contributed by atoms with E-state index in [0.29, 0.717) is 56.4 Å². The molecule has 3 rings (SSSR count). The summed E-state index contributed by atoms with van der Waals surface area (Å²) in [6, 6.07) is 7.03. The number of hydrogen-bond donors (Lipinski definition) is 1. The van der Waals surface area contributed by atoms with Crippen molar-refractivity contribution in [3.8, 4) is 0 Å². The van der Waals surface area contributed by atoms with Crippen molar-refractivity contribution in [2.24, 2.45) is 11.8 Å². The Morgan fingerprint density at radius 1 is 1.21 bits per heavy atom. The lowest BCUT2D eigenvalue weighted by Gasteiger charge is -2.41. The van der Waals surface area contributed by atoms with E-state index in [-0.39, 0.29) is 23.8 Å². The van der Waals surface area contributed by atoms with E-state index in [1.54, 1.807) is 24.3 Å². The fraction of sp³-hybridized carbons (Fsp3) is 0.577. The number of piperidine rings is 1. The van der Waals surface area contributed by atoms with Crippen LogP contribution in [0, 0.1) is 11.8 Å². The number of urea groups is 1. The van der Waals surface area contributed by atoms with Gasteiger partial charge in [-0.05, 0) is 75.4 Å². The molecule has 7 nitrogen and oxygen atoms in total. The van der Waals surface area contributed by atoms with Crippen molar-refractivity contribution < 1.29 is 14.4 Å². The Balaban J connectivity index is 1.67. The van der Waals surface area contributed by atoms with Crippen LogP contribution in [0.15, 0.2) is 30.3 Å². The Bertz CT molecular complexity index is 907. The van der Waals surface area contributed by atoms with Crippen LogP contribution in [-0.2, 0) is 9.59 Å². The molecule has 2 heterocycles. The topological polar surface area (TPSA) is 73.0 Å². The maximum Gasteiger partial charge on any atom is 0.325 e. The number of carbonyl (C=O) groups excluding carboxylic acids is 3. The summed E-state index contributed by atoms with van der Waals surface area (Å²) in [5.74, 6) is 0.292. The smallest absolute Gasteiger partial charge is 0.325 e. The summed E-state index contributed by atoms with van der Waals surface area (Å²) in [6.07, 6.45) is 6.24. The van der Waals surface area contributed by atoms with Crippen LogP contribution in [-0.4, -0.2) is 78.4 Å². The predicted molar refractivity (Wildman–Crippen MR) is 135 cm³/mol. The van der Waals surface area contributed by atoms with Crippen LogP contribution in [0.2, 0.25) is 5.02 Å². The maximum absolute atomic E-state index is 13.6. The van der Waals surface area contributed by atoms with E-state index in [2.05, 4.69) is 19.2 Å². The van der Waals surface area contributed by atoms with Gasteiger partial charge in [-0.1, -0.05) is 37.6 Å². The minimum absolute atomic E-state index is 0.0105. The van der Waals surface area contributed by atoms with Crippen molar-refractivity contribution in [2.45, 2.75) is 45.1 Å². The van der Waals surface area contributed by atoms with Crippen LogP contribution in [0.1, 0.15) is 45.1 Å². The maximum atomic E-state index is 13.6. The quantitative estimate of drug-likeness (QED) is 0.423. The lowest BCUT2D eigenvalue weighted by Crippen LogP contribution is -2.56. The van der Waals surface area contributed by atoms with Gasteiger partial charge in [-0.2, -0.15) is 0 Å². The molecular weight excluding hydrogens is 452 g/mol. The Labute approximate surface area is 208 Å². The number of nitrogens with one attached hydrogen (secondary N) is 1. The molecule has 2 aliphatic rings. The normalized spacial score (nSPS) is 21.9. The number of imide groups is 1. The molecule has 4 amide bonds. The second-order valence-electron chi connectivity index (χ2n) is 10.1. The van der Waals surface area contributed by atoms with Crippen molar-refractivity contribution in [3.05, 3.63) is 40.9 Å². The average molecular weight is 489 g/mol. The number of likely N-dealkylation sites (N-methyl/N-ethyl adjacent to an activating group) is 1. The first kappa shape index (κ1) is 26.2. The first-order valence-corrected chi connectivity index (χ1v) is 12.5. The second kappa shape index (κ2) is 11.4. The molecule has 1 N–H and O–H groups in total. The summed E-state index contributed by atoms with van der Waals surface area (Å²) in [5.41, 5.74) is 0.0412. The Kier molecular flexibility index (Phi) is 8.77. The van der Waals surface area contributed by atoms with Crippen LogP contribution in [0.5, 0.6) is 0 Å². The molecule has 0 bridgehead atoms. The number of rotatable bonds is 9. The summed E-state index contributed by atoms with van der Waals surface area (Å²) < 4.78 is 0. The Hall–Kier alpha value is -2.38. The predicted octanol–water partition coefficient (Wildman–Crippen LogP) is 3.88. The van der Waals surface area contributed by atoms with Gasteiger partial charge < -0.3 is 15.1 Å². The molecular formula is C26H37ClN4O3. The number of likely N-dealkylation sites (tertiary alicyclic amines) is 1. The second-order valence-corrected chi connectivity index (χ2v) is 10.5. The fourth-order valence-electron chi connectivity index (χ4n) is 4.75. The molecule has 186 valence electrons. The first-order chi connectivity index (χ1) is 16.1. The molecule has 2 fully saturated rings. The molecule has 1 atom stereocenters. The van der Waals surface area contributed by atoms with E-state index in [1.807, 2.05) is 36.0 Å². The van der Waals surface area contributed by atoms with Crippen LogP contribution in [0.4, 0.5) is 4.79 Å². The molecule has 0 radical (unpaired) electrons. The standard InChI is InChI=1S/C26H37ClN4O3/c1-19(2)11-14-26(24(33)31(25(34)28-26)18-17-29(3)4)21-12-15-30(16-13-21)23(32)10-7-20-5-8-22(27)9-6-20/h5-10,19,21H,11-18H2,1-4H3,(H,28,34). The molecule has 0 saturated carbocycles. The number of hydrogen-bond acceptors (Lipinski definition) is 4.